The summed E-state index contributed by atoms with van der Waals surface area (Å²) in [5.74, 6) is 1.30. The van der Waals surface area contributed by atoms with E-state index in [0.29, 0.717) is 34.9 Å². The van der Waals surface area contributed by atoms with Crippen LogP contribution in [0.2, 0.25) is 5.02 Å². The smallest absolute Gasteiger partial charge is 0.251 e. The molecule has 0 aliphatic carbocycles. The SMILES string of the molecule is COc1cc(C(=O)NC2CC3CCCC(C2)N3Cc2nc3ccc(Cl)cc3s2)cc(OC)c1OC. The van der Waals surface area contributed by atoms with Gasteiger partial charge in [-0.15, -0.1) is 11.3 Å². The van der Waals surface area contributed by atoms with Crippen LogP contribution in [0.15, 0.2) is 30.3 Å². The topological polar surface area (TPSA) is 72.9 Å². The Labute approximate surface area is 214 Å². The van der Waals surface area contributed by atoms with Crippen molar-refractivity contribution in [3.8, 4) is 17.2 Å². The Hall–Kier alpha value is -2.55. The molecule has 2 saturated heterocycles. The van der Waals surface area contributed by atoms with Crippen molar-refractivity contribution in [1.82, 2.24) is 15.2 Å². The van der Waals surface area contributed by atoms with Crippen LogP contribution in [-0.4, -0.2) is 55.2 Å². The molecule has 0 saturated carbocycles. The summed E-state index contributed by atoms with van der Waals surface area (Å²) in [6.45, 7) is 0.847. The molecule has 2 bridgehead atoms. The molecule has 2 unspecified atom stereocenters. The van der Waals surface area contributed by atoms with Gasteiger partial charge in [-0.1, -0.05) is 18.0 Å². The number of piperidine rings is 2. The molecule has 3 heterocycles. The van der Waals surface area contributed by atoms with Crippen LogP contribution in [-0.2, 0) is 6.54 Å². The zero-order valence-electron chi connectivity index (χ0n) is 20.2. The number of benzene rings is 2. The summed E-state index contributed by atoms with van der Waals surface area (Å²) in [5.41, 5.74) is 1.51. The maximum atomic E-state index is 13.2. The van der Waals surface area contributed by atoms with E-state index in [2.05, 4.69) is 10.2 Å². The Kier molecular flexibility index (Phi) is 7.05. The van der Waals surface area contributed by atoms with Gasteiger partial charge in [-0.3, -0.25) is 9.69 Å². The standard InChI is InChI=1S/C26H30ClN3O4S/c1-32-21-9-15(10-22(33-2)25(21)34-3)26(31)28-17-12-18-5-4-6-19(13-17)30(18)14-24-29-20-8-7-16(27)11-23(20)35-24/h7-11,17-19H,4-6,12-14H2,1-3H3,(H,28,31). The van der Waals surface area contributed by atoms with Crippen LogP contribution in [0.25, 0.3) is 10.2 Å². The summed E-state index contributed by atoms with van der Waals surface area (Å²) in [6.07, 6.45) is 5.38. The molecule has 2 aliphatic heterocycles. The first-order chi connectivity index (χ1) is 17.0. The minimum absolute atomic E-state index is 0.121. The molecule has 7 nitrogen and oxygen atoms in total. The van der Waals surface area contributed by atoms with Crippen molar-refractivity contribution >= 4 is 39.1 Å². The van der Waals surface area contributed by atoms with Gasteiger partial charge in [0.1, 0.15) is 5.01 Å². The highest BCUT2D eigenvalue weighted by Crippen LogP contribution is 2.39. The molecule has 2 aliphatic rings. The molecule has 2 atom stereocenters. The van der Waals surface area contributed by atoms with Gasteiger partial charge < -0.3 is 19.5 Å². The average Bonchev–Trinajstić information content (AvgIpc) is 3.24. The largest absolute Gasteiger partial charge is 0.493 e. The van der Waals surface area contributed by atoms with E-state index in [4.69, 9.17) is 30.8 Å². The van der Waals surface area contributed by atoms with Crippen molar-refractivity contribution in [2.45, 2.75) is 56.8 Å². The first-order valence-corrected chi connectivity index (χ1v) is 13.1. The van der Waals surface area contributed by atoms with Crippen LogP contribution in [0.5, 0.6) is 17.2 Å². The number of amides is 1. The fourth-order valence-corrected chi connectivity index (χ4v) is 6.76. The number of aromatic nitrogens is 1. The van der Waals surface area contributed by atoms with Gasteiger partial charge in [0.05, 0.1) is 38.1 Å². The van der Waals surface area contributed by atoms with Gasteiger partial charge in [0, 0.05) is 28.7 Å². The van der Waals surface area contributed by atoms with Crippen LogP contribution in [0.1, 0.15) is 47.5 Å². The predicted octanol–water partition coefficient (Wildman–Crippen LogP) is 5.29. The predicted molar refractivity (Wildman–Crippen MR) is 138 cm³/mol. The van der Waals surface area contributed by atoms with Crippen LogP contribution in [0.4, 0.5) is 0 Å². The van der Waals surface area contributed by atoms with Crippen molar-refractivity contribution < 1.29 is 19.0 Å². The third-order valence-electron chi connectivity index (χ3n) is 7.10. The molecule has 3 aromatic rings. The molecule has 1 aromatic heterocycles. The second-order valence-electron chi connectivity index (χ2n) is 9.19. The van der Waals surface area contributed by atoms with Crippen LogP contribution < -0.4 is 19.5 Å². The van der Waals surface area contributed by atoms with E-state index < -0.39 is 0 Å². The molecule has 2 fully saturated rings. The third kappa shape index (κ3) is 4.92. The molecule has 0 radical (unpaired) electrons. The van der Waals surface area contributed by atoms with Crippen LogP contribution in [0, 0.1) is 0 Å². The molecule has 186 valence electrons. The summed E-state index contributed by atoms with van der Waals surface area (Å²) in [7, 11) is 4.65. The van der Waals surface area contributed by atoms with E-state index in [1.54, 1.807) is 44.8 Å². The van der Waals surface area contributed by atoms with Gasteiger partial charge in [0.2, 0.25) is 5.75 Å². The minimum Gasteiger partial charge on any atom is -0.493 e. The monoisotopic (exact) mass is 515 g/mol. The lowest BCUT2D eigenvalue weighted by Crippen LogP contribution is -2.56. The number of nitrogens with zero attached hydrogens (tertiary/aromatic N) is 2. The van der Waals surface area contributed by atoms with Gasteiger partial charge in [-0.05, 0) is 56.0 Å². The second kappa shape index (κ2) is 10.2. The summed E-state index contributed by atoms with van der Waals surface area (Å²) in [4.78, 5) is 20.6. The zero-order valence-corrected chi connectivity index (χ0v) is 21.7. The Morgan fingerprint density at radius 3 is 2.40 bits per heavy atom. The molecule has 5 rings (SSSR count). The number of rotatable bonds is 7. The highest BCUT2D eigenvalue weighted by Gasteiger charge is 2.39. The number of ether oxygens (including phenoxy) is 3. The quantitative estimate of drug-likeness (QED) is 0.461. The molecule has 9 heteroatoms. The maximum absolute atomic E-state index is 13.2. The Bertz CT molecular complexity index is 1190. The van der Waals surface area contributed by atoms with Crippen molar-refractivity contribution in [3.05, 3.63) is 45.9 Å². The Morgan fingerprint density at radius 1 is 1.09 bits per heavy atom. The van der Waals surface area contributed by atoms with Crippen LogP contribution >= 0.6 is 22.9 Å². The molecule has 1 N–H and O–H groups in total. The van der Waals surface area contributed by atoms with E-state index in [1.807, 2.05) is 18.2 Å². The highest BCUT2D eigenvalue weighted by molar-refractivity contribution is 7.18. The van der Waals surface area contributed by atoms with E-state index in [-0.39, 0.29) is 11.9 Å². The molecular formula is C26H30ClN3O4S. The van der Waals surface area contributed by atoms with E-state index in [0.717, 1.165) is 52.5 Å². The lowest BCUT2D eigenvalue weighted by atomic mass is 9.81. The maximum Gasteiger partial charge on any atom is 0.251 e. The summed E-state index contributed by atoms with van der Waals surface area (Å²) in [6, 6.07) is 10.3. The summed E-state index contributed by atoms with van der Waals surface area (Å²) >= 11 is 7.88. The number of hydrogen-bond acceptors (Lipinski definition) is 7. The summed E-state index contributed by atoms with van der Waals surface area (Å²) < 4.78 is 17.3. The number of carbonyl (C=O) groups excluding carboxylic acids is 1. The van der Waals surface area contributed by atoms with Gasteiger partial charge in [0.25, 0.3) is 5.91 Å². The first-order valence-electron chi connectivity index (χ1n) is 11.9. The number of fused-ring (bicyclic) bond motifs is 3. The lowest BCUT2D eigenvalue weighted by molar-refractivity contribution is 0.0177. The number of halogens is 1. The van der Waals surface area contributed by atoms with E-state index in [9.17, 15) is 4.79 Å². The van der Waals surface area contributed by atoms with Crippen molar-refractivity contribution in [2.75, 3.05) is 21.3 Å². The average molecular weight is 516 g/mol. The van der Waals surface area contributed by atoms with Crippen molar-refractivity contribution in [3.63, 3.8) is 0 Å². The van der Waals surface area contributed by atoms with Crippen molar-refractivity contribution in [2.24, 2.45) is 0 Å². The minimum atomic E-state index is -0.121. The molecular weight excluding hydrogens is 486 g/mol. The number of carbonyl (C=O) groups is 1. The molecule has 2 aromatic carbocycles. The van der Waals surface area contributed by atoms with E-state index in [1.165, 1.54) is 6.42 Å². The fourth-order valence-electron chi connectivity index (χ4n) is 5.51. The number of methoxy groups -OCH3 is 3. The Balaban J connectivity index is 1.29. The van der Waals surface area contributed by atoms with Gasteiger partial charge >= 0.3 is 0 Å². The molecule has 0 spiro atoms. The van der Waals surface area contributed by atoms with Crippen molar-refractivity contribution in [1.29, 1.82) is 0 Å². The first kappa shape index (κ1) is 24.2. The van der Waals surface area contributed by atoms with Gasteiger partial charge in [-0.25, -0.2) is 4.98 Å². The zero-order chi connectivity index (χ0) is 24.5. The number of thiazole rings is 1. The summed E-state index contributed by atoms with van der Waals surface area (Å²) in [5, 5.41) is 5.14. The molecule has 1 amide bonds. The normalized spacial score (nSPS) is 22.1. The third-order valence-corrected chi connectivity index (χ3v) is 8.34. The van der Waals surface area contributed by atoms with Gasteiger partial charge in [-0.2, -0.15) is 0 Å². The van der Waals surface area contributed by atoms with Gasteiger partial charge in [0.15, 0.2) is 11.5 Å². The Morgan fingerprint density at radius 2 is 1.77 bits per heavy atom. The number of nitrogens with one attached hydrogen (secondary N) is 1. The van der Waals surface area contributed by atoms with E-state index >= 15 is 0 Å². The second-order valence-corrected chi connectivity index (χ2v) is 10.7. The number of hydrogen-bond donors (Lipinski definition) is 1. The van der Waals surface area contributed by atoms with Crippen LogP contribution in [0.3, 0.4) is 0 Å². The fraction of sp³-hybridized carbons (Fsp3) is 0.462. The highest BCUT2D eigenvalue weighted by atomic mass is 35.5. The molecule has 35 heavy (non-hydrogen) atoms. The lowest BCUT2D eigenvalue weighted by Gasteiger charge is -2.48.